The van der Waals surface area contributed by atoms with Crippen molar-refractivity contribution in [1.29, 1.82) is 0 Å². The number of rotatable bonds is 4. The van der Waals surface area contributed by atoms with Gasteiger partial charge < -0.3 is 4.57 Å². The Morgan fingerprint density at radius 2 is 1.71 bits per heavy atom. The van der Waals surface area contributed by atoms with Gasteiger partial charge in [0.1, 0.15) is 0 Å². The standard InChI is InChI=1S/C22H19BrN4O4/c1-4-13-5-7-14(8-6-13)26-12-18-19(21(28)25(3)22(29)24(18)2)20(26)16-11-15(27(30)31)9-10-17(16)23/h5-12H,4H2,1-3H3. The van der Waals surface area contributed by atoms with Gasteiger partial charge in [0.25, 0.3) is 11.2 Å². The first-order valence-corrected chi connectivity index (χ1v) is 10.4. The molecule has 0 aliphatic rings. The molecule has 0 aliphatic carbocycles. The molecule has 158 valence electrons. The van der Waals surface area contributed by atoms with Crippen LogP contribution in [0.5, 0.6) is 0 Å². The van der Waals surface area contributed by atoms with E-state index in [0.717, 1.165) is 22.2 Å². The van der Waals surface area contributed by atoms with Gasteiger partial charge in [-0.05, 0) is 30.2 Å². The Morgan fingerprint density at radius 3 is 2.32 bits per heavy atom. The highest BCUT2D eigenvalue weighted by atomic mass is 79.9. The van der Waals surface area contributed by atoms with Crippen molar-refractivity contribution in [2.24, 2.45) is 14.1 Å². The van der Waals surface area contributed by atoms with Gasteiger partial charge in [-0.25, -0.2) is 4.79 Å². The van der Waals surface area contributed by atoms with Gasteiger partial charge in [0.15, 0.2) is 0 Å². The van der Waals surface area contributed by atoms with Crippen molar-refractivity contribution in [3.05, 3.63) is 89.6 Å². The maximum atomic E-state index is 13.2. The summed E-state index contributed by atoms with van der Waals surface area (Å²) in [7, 11) is 3.02. The zero-order valence-corrected chi connectivity index (χ0v) is 18.7. The molecule has 0 radical (unpaired) electrons. The average molecular weight is 483 g/mol. The normalized spacial score (nSPS) is 11.2. The lowest BCUT2D eigenvalue weighted by molar-refractivity contribution is -0.384. The van der Waals surface area contributed by atoms with Crippen LogP contribution in [0.3, 0.4) is 0 Å². The van der Waals surface area contributed by atoms with Crippen LogP contribution in [-0.4, -0.2) is 18.6 Å². The summed E-state index contributed by atoms with van der Waals surface area (Å²) in [6.07, 6.45) is 2.60. The molecule has 0 bridgehead atoms. The largest absolute Gasteiger partial charge is 0.330 e. The molecule has 0 spiro atoms. The van der Waals surface area contributed by atoms with Crippen molar-refractivity contribution >= 4 is 32.5 Å². The molecule has 9 heteroatoms. The first-order chi connectivity index (χ1) is 14.7. The SMILES string of the molecule is CCc1ccc(-n2cc3c(c2-c2cc([N+](=O)[O-])ccc2Br)c(=O)n(C)c(=O)n3C)cc1. The highest BCUT2D eigenvalue weighted by Crippen LogP contribution is 2.37. The van der Waals surface area contributed by atoms with Gasteiger partial charge in [0.05, 0.1) is 21.5 Å². The van der Waals surface area contributed by atoms with E-state index in [-0.39, 0.29) is 5.69 Å². The summed E-state index contributed by atoms with van der Waals surface area (Å²) in [4.78, 5) is 36.6. The topological polar surface area (TPSA) is 92.1 Å². The third-order valence-corrected chi connectivity index (χ3v) is 6.17. The molecular weight excluding hydrogens is 464 g/mol. The van der Waals surface area contributed by atoms with E-state index in [1.165, 1.54) is 23.7 Å². The van der Waals surface area contributed by atoms with Crippen LogP contribution < -0.4 is 11.2 Å². The summed E-state index contributed by atoms with van der Waals surface area (Å²) >= 11 is 3.48. The quantitative estimate of drug-likeness (QED) is 0.325. The Hall–Kier alpha value is -3.46. The van der Waals surface area contributed by atoms with Crippen molar-refractivity contribution in [3.8, 4) is 16.9 Å². The fraction of sp³-hybridized carbons (Fsp3) is 0.182. The van der Waals surface area contributed by atoms with E-state index in [1.54, 1.807) is 23.9 Å². The first-order valence-electron chi connectivity index (χ1n) is 9.59. The number of fused-ring (bicyclic) bond motifs is 1. The van der Waals surface area contributed by atoms with Crippen molar-refractivity contribution in [2.75, 3.05) is 0 Å². The predicted molar refractivity (Wildman–Crippen MR) is 123 cm³/mol. The third kappa shape index (κ3) is 3.31. The van der Waals surface area contributed by atoms with Crippen LogP contribution in [0.15, 0.2) is 62.7 Å². The van der Waals surface area contributed by atoms with Gasteiger partial charge in [-0.2, -0.15) is 0 Å². The summed E-state index contributed by atoms with van der Waals surface area (Å²) in [6.45, 7) is 2.06. The number of halogens is 1. The Labute approximate surface area is 185 Å². The van der Waals surface area contributed by atoms with Crippen molar-refractivity contribution in [3.63, 3.8) is 0 Å². The minimum Gasteiger partial charge on any atom is -0.314 e. The summed E-state index contributed by atoms with van der Waals surface area (Å²) in [6, 6.07) is 12.2. The summed E-state index contributed by atoms with van der Waals surface area (Å²) in [5.41, 5.74) is 2.34. The zero-order valence-electron chi connectivity index (χ0n) is 17.1. The van der Waals surface area contributed by atoms with Crippen molar-refractivity contribution in [2.45, 2.75) is 13.3 Å². The Balaban J connectivity index is 2.19. The Kier molecular flexibility index (Phi) is 5.14. The first kappa shape index (κ1) is 20.8. The van der Waals surface area contributed by atoms with Crippen LogP contribution in [0.2, 0.25) is 0 Å². The molecule has 0 atom stereocenters. The lowest BCUT2D eigenvalue weighted by Gasteiger charge is -2.12. The molecule has 0 unspecified atom stereocenters. The molecule has 2 heterocycles. The number of hydrogen-bond acceptors (Lipinski definition) is 4. The summed E-state index contributed by atoms with van der Waals surface area (Å²) < 4.78 is 4.85. The van der Waals surface area contributed by atoms with Gasteiger partial charge in [0.2, 0.25) is 0 Å². The Bertz CT molecular complexity index is 1460. The lowest BCUT2D eigenvalue weighted by atomic mass is 10.1. The molecule has 0 aliphatic heterocycles. The Morgan fingerprint density at radius 1 is 1.03 bits per heavy atom. The lowest BCUT2D eigenvalue weighted by Crippen LogP contribution is -2.36. The van der Waals surface area contributed by atoms with Crippen LogP contribution in [0.1, 0.15) is 12.5 Å². The second-order valence-corrected chi connectivity index (χ2v) is 8.11. The van der Waals surface area contributed by atoms with Gasteiger partial charge in [-0.1, -0.05) is 35.0 Å². The molecule has 0 fully saturated rings. The molecule has 2 aromatic heterocycles. The van der Waals surface area contributed by atoms with E-state index >= 15 is 0 Å². The number of aryl methyl sites for hydroxylation is 2. The fourth-order valence-corrected chi connectivity index (χ4v) is 4.14. The van der Waals surface area contributed by atoms with Gasteiger partial charge in [-0.3, -0.25) is 24.0 Å². The number of nitro benzene ring substituents is 1. The van der Waals surface area contributed by atoms with Crippen molar-refractivity contribution < 1.29 is 4.92 Å². The van der Waals surface area contributed by atoms with E-state index in [4.69, 9.17) is 0 Å². The minimum absolute atomic E-state index is 0.0953. The molecule has 0 saturated carbocycles. The van der Waals surface area contributed by atoms with Gasteiger partial charge in [-0.15, -0.1) is 0 Å². The number of non-ortho nitro benzene ring substituents is 1. The highest BCUT2D eigenvalue weighted by Gasteiger charge is 2.23. The molecule has 0 N–H and O–H groups in total. The van der Waals surface area contributed by atoms with E-state index in [9.17, 15) is 19.7 Å². The highest BCUT2D eigenvalue weighted by molar-refractivity contribution is 9.10. The van der Waals surface area contributed by atoms with E-state index < -0.39 is 16.2 Å². The van der Waals surface area contributed by atoms with Crippen LogP contribution in [0.25, 0.3) is 27.8 Å². The number of nitrogens with zero attached hydrogens (tertiary/aromatic N) is 4. The monoisotopic (exact) mass is 482 g/mol. The second kappa shape index (κ2) is 7.66. The average Bonchev–Trinajstić information content (AvgIpc) is 3.17. The third-order valence-electron chi connectivity index (χ3n) is 5.48. The van der Waals surface area contributed by atoms with Gasteiger partial charge in [0, 0.05) is 48.1 Å². The van der Waals surface area contributed by atoms with E-state index in [1.807, 2.05) is 24.3 Å². The second-order valence-electron chi connectivity index (χ2n) is 7.25. The number of benzene rings is 2. The smallest absolute Gasteiger partial charge is 0.314 e. The van der Waals surface area contributed by atoms with Crippen molar-refractivity contribution in [1.82, 2.24) is 13.7 Å². The van der Waals surface area contributed by atoms with Crippen LogP contribution in [0.4, 0.5) is 5.69 Å². The van der Waals surface area contributed by atoms with Crippen LogP contribution >= 0.6 is 15.9 Å². The molecule has 2 aromatic carbocycles. The molecule has 31 heavy (non-hydrogen) atoms. The fourth-order valence-electron chi connectivity index (χ4n) is 3.71. The predicted octanol–water partition coefficient (Wildman–Crippen LogP) is 3.93. The van der Waals surface area contributed by atoms with E-state index in [0.29, 0.717) is 26.6 Å². The molecule has 0 saturated heterocycles. The molecule has 8 nitrogen and oxygen atoms in total. The number of nitro groups is 1. The number of hydrogen-bond donors (Lipinski definition) is 0. The maximum Gasteiger partial charge on any atom is 0.330 e. The van der Waals surface area contributed by atoms with Gasteiger partial charge >= 0.3 is 5.69 Å². The zero-order chi connectivity index (χ0) is 22.4. The molecule has 0 amide bonds. The van der Waals surface area contributed by atoms with Crippen LogP contribution in [0, 0.1) is 10.1 Å². The van der Waals surface area contributed by atoms with E-state index in [2.05, 4.69) is 22.9 Å². The molecular formula is C22H19BrN4O4. The minimum atomic E-state index is -0.477. The number of aromatic nitrogens is 3. The summed E-state index contributed by atoms with van der Waals surface area (Å²) in [5, 5.41) is 11.7. The van der Waals surface area contributed by atoms with Crippen LogP contribution in [-0.2, 0) is 20.5 Å². The summed E-state index contributed by atoms with van der Waals surface area (Å²) in [5.74, 6) is 0. The maximum absolute atomic E-state index is 13.2. The molecule has 4 rings (SSSR count). The molecule has 4 aromatic rings.